The smallest absolute Gasteiger partial charge is 0.326 e. The number of hydrogen-bond acceptors (Lipinski definition) is 10. The summed E-state index contributed by atoms with van der Waals surface area (Å²) >= 11 is 0. The third kappa shape index (κ3) is 13.1. The van der Waals surface area contributed by atoms with Crippen molar-refractivity contribution >= 4 is 41.4 Å². The van der Waals surface area contributed by atoms with E-state index in [1.807, 2.05) is 4.98 Å². The number of nitrogens with two attached hydrogens (primary N) is 2. The van der Waals surface area contributed by atoms with E-state index >= 15 is 0 Å². The Labute approximate surface area is 296 Å². The van der Waals surface area contributed by atoms with Crippen LogP contribution in [0.25, 0.3) is 0 Å². The zero-order valence-electron chi connectivity index (χ0n) is 28.9. The van der Waals surface area contributed by atoms with Gasteiger partial charge in [0, 0.05) is 13.0 Å². The van der Waals surface area contributed by atoms with Crippen LogP contribution >= 0.6 is 0 Å². The van der Waals surface area contributed by atoms with E-state index in [0.29, 0.717) is 5.56 Å². The van der Waals surface area contributed by atoms with Gasteiger partial charge in [0.15, 0.2) is 0 Å². The molecule has 0 aliphatic rings. The minimum atomic E-state index is -1.67. The quantitative estimate of drug-likeness (QED) is 0.0698. The third-order valence-corrected chi connectivity index (χ3v) is 7.45. The van der Waals surface area contributed by atoms with Crippen LogP contribution in [-0.2, 0) is 35.2 Å². The molecule has 12 N–H and O–H groups in total. The lowest BCUT2D eigenvalue weighted by molar-refractivity contribution is -0.143. The van der Waals surface area contributed by atoms with E-state index in [2.05, 4.69) is 26.6 Å². The first kappa shape index (κ1) is 42.2. The molecule has 0 radical (unpaired) electrons. The lowest BCUT2D eigenvalue weighted by atomic mass is 9.98. The van der Waals surface area contributed by atoms with E-state index in [1.165, 1.54) is 0 Å². The fourth-order valence-corrected chi connectivity index (χ4v) is 4.78. The maximum atomic E-state index is 14.0. The summed E-state index contributed by atoms with van der Waals surface area (Å²) in [5.74, 6) is -9.52. The number of hydrogen-bond donors (Lipinski definition) is 10. The van der Waals surface area contributed by atoms with Gasteiger partial charge in [-0.15, -0.1) is 0 Å². The van der Waals surface area contributed by atoms with Crippen LogP contribution in [0.2, 0.25) is 0 Å². The van der Waals surface area contributed by atoms with Gasteiger partial charge in [0.1, 0.15) is 35.9 Å². The van der Waals surface area contributed by atoms with Gasteiger partial charge in [-0.25, -0.2) is 9.59 Å². The molecular weight excluding hydrogens is 689 g/mol. The molecule has 5 atom stereocenters. The molecule has 0 bridgehead atoms. The number of aromatic nitrogens is 2. The number of carbonyl (C=O) groups excluding carboxylic acids is 6. The standard InChI is InChI=1S/C32H44FN9O10/c1-14(2)10-18(26(45)37-19(11-16-8-6-5-7-9-16)27(46)39-20(31(50)51)12-21(35)43)38-30(49)23(15(3)4)40-25(44)17(34)13-36-29(48)24-22(33)28(47)42-32(52)41-24/h5-9,14-15,17-20,23H,10-13,34H2,1-4H3,(H2,35,43)(H,36,48)(H,37,45)(H,38,49)(H,39,46)(H,40,44)(H,50,51)(H2,41,42,47,52)/t17-,18-,19-,20-,23-/m0/s1. The number of aliphatic carboxylic acids is 1. The molecule has 0 saturated heterocycles. The Morgan fingerprint density at radius 2 is 1.38 bits per heavy atom. The van der Waals surface area contributed by atoms with Crippen molar-refractivity contribution < 1.29 is 43.1 Å². The normalized spacial score (nSPS) is 13.9. The summed E-state index contributed by atoms with van der Waals surface area (Å²) in [5, 5.41) is 21.4. The first-order valence-corrected chi connectivity index (χ1v) is 16.1. The number of rotatable bonds is 19. The second-order valence-electron chi connectivity index (χ2n) is 12.7. The first-order chi connectivity index (χ1) is 24.3. The molecule has 0 spiro atoms. The minimum Gasteiger partial charge on any atom is -0.480 e. The predicted molar refractivity (Wildman–Crippen MR) is 182 cm³/mol. The molecule has 0 unspecified atom stereocenters. The Morgan fingerprint density at radius 1 is 0.808 bits per heavy atom. The van der Waals surface area contributed by atoms with Crippen molar-refractivity contribution in [2.45, 2.75) is 77.2 Å². The highest BCUT2D eigenvalue weighted by atomic mass is 19.1. The van der Waals surface area contributed by atoms with E-state index in [9.17, 15) is 52.6 Å². The van der Waals surface area contributed by atoms with Crippen molar-refractivity contribution in [1.29, 1.82) is 0 Å². The third-order valence-electron chi connectivity index (χ3n) is 7.45. The highest BCUT2D eigenvalue weighted by Crippen LogP contribution is 2.11. The van der Waals surface area contributed by atoms with E-state index in [-0.39, 0.29) is 18.8 Å². The van der Waals surface area contributed by atoms with Gasteiger partial charge in [-0.3, -0.25) is 38.5 Å². The van der Waals surface area contributed by atoms with Crippen LogP contribution in [0.1, 0.15) is 56.6 Å². The molecule has 0 aliphatic carbocycles. The Kier molecular flexibility index (Phi) is 15.8. The van der Waals surface area contributed by atoms with Crippen LogP contribution in [0.4, 0.5) is 4.39 Å². The number of aromatic amines is 2. The second kappa shape index (κ2) is 19.5. The highest BCUT2D eigenvalue weighted by Gasteiger charge is 2.33. The van der Waals surface area contributed by atoms with Gasteiger partial charge in [0.05, 0.1) is 6.42 Å². The van der Waals surface area contributed by atoms with Crippen molar-refractivity contribution in [2.24, 2.45) is 23.3 Å². The van der Waals surface area contributed by atoms with Gasteiger partial charge in [0.25, 0.3) is 11.5 Å². The van der Waals surface area contributed by atoms with Crippen molar-refractivity contribution in [1.82, 2.24) is 36.6 Å². The maximum Gasteiger partial charge on any atom is 0.326 e. The van der Waals surface area contributed by atoms with Crippen LogP contribution in [0.15, 0.2) is 39.9 Å². The van der Waals surface area contributed by atoms with Crippen LogP contribution in [0.5, 0.6) is 0 Å². The molecule has 6 amide bonds. The molecule has 20 heteroatoms. The molecular formula is C32H44FN9O10. The van der Waals surface area contributed by atoms with Gasteiger partial charge in [-0.2, -0.15) is 4.39 Å². The molecule has 284 valence electrons. The van der Waals surface area contributed by atoms with Gasteiger partial charge in [-0.1, -0.05) is 58.0 Å². The van der Waals surface area contributed by atoms with Crippen LogP contribution in [0.3, 0.4) is 0 Å². The molecule has 1 heterocycles. The zero-order valence-corrected chi connectivity index (χ0v) is 28.9. The lowest BCUT2D eigenvalue weighted by Crippen LogP contribution is -2.60. The molecule has 2 rings (SSSR count). The van der Waals surface area contributed by atoms with Gasteiger partial charge < -0.3 is 48.1 Å². The number of halogens is 1. The Balaban J connectivity index is 2.21. The largest absolute Gasteiger partial charge is 0.480 e. The van der Waals surface area contributed by atoms with Gasteiger partial charge >= 0.3 is 11.7 Å². The molecule has 0 fully saturated rings. The number of carbonyl (C=O) groups is 7. The number of amides is 6. The van der Waals surface area contributed by atoms with E-state index in [1.54, 1.807) is 63.0 Å². The topological polar surface area (TPSA) is 318 Å². The number of carboxylic acid groups (broad SMARTS) is 1. The summed E-state index contributed by atoms with van der Waals surface area (Å²) in [7, 11) is 0. The summed E-state index contributed by atoms with van der Waals surface area (Å²) in [5.41, 5.74) is 8.04. The number of H-pyrrole nitrogens is 2. The molecule has 0 saturated carbocycles. The summed E-state index contributed by atoms with van der Waals surface area (Å²) < 4.78 is 14.0. The van der Waals surface area contributed by atoms with Crippen molar-refractivity contribution in [3.05, 3.63) is 68.2 Å². The summed E-state index contributed by atoms with van der Waals surface area (Å²) in [6.07, 6.45) is -0.723. The monoisotopic (exact) mass is 733 g/mol. The fraction of sp³-hybridized carbons (Fsp3) is 0.469. The number of carboxylic acids is 1. The average Bonchev–Trinajstić information content (AvgIpc) is 3.06. The molecule has 52 heavy (non-hydrogen) atoms. The van der Waals surface area contributed by atoms with E-state index in [0.717, 1.165) is 0 Å². The highest BCUT2D eigenvalue weighted by molar-refractivity contribution is 5.96. The molecule has 0 aliphatic heterocycles. The van der Waals surface area contributed by atoms with E-state index in [4.69, 9.17) is 11.5 Å². The van der Waals surface area contributed by atoms with Crippen LogP contribution in [-0.4, -0.2) is 93.2 Å². The minimum absolute atomic E-state index is 0.0714. The second-order valence-corrected chi connectivity index (χ2v) is 12.7. The Bertz CT molecular complexity index is 1750. The van der Waals surface area contributed by atoms with Crippen LogP contribution < -0.4 is 49.3 Å². The summed E-state index contributed by atoms with van der Waals surface area (Å²) in [6, 6.07) is 1.40. The number of benzene rings is 1. The summed E-state index contributed by atoms with van der Waals surface area (Å²) in [4.78, 5) is 115. The van der Waals surface area contributed by atoms with Crippen molar-refractivity contribution in [3.8, 4) is 0 Å². The SMILES string of the molecule is CC(C)C[C@H](NC(=O)[C@@H](NC(=O)[C@@H](N)CNC(=O)c1[nH]c(=O)[nH]c(=O)c1F)C(C)C)C(=O)N[C@@H](Cc1ccccc1)C(=O)N[C@@H](CC(N)=O)C(=O)O. The first-order valence-electron chi connectivity index (χ1n) is 16.1. The predicted octanol–water partition coefficient (Wildman–Crippen LogP) is -2.90. The number of primary amides is 1. The molecule has 19 nitrogen and oxygen atoms in total. The van der Waals surface area contributed by atoms with E-state index < -0.39 is 113 Å². The zero-order chi connectivity index (χ0) is 39.3. The lowest BCUT2D eigenvalue weighted by Gasteiger charge is -2.28. The van der Waals surface area contributed by atoms with Crippen molar-refractivity contribution in [2.75, 3.05) is 6.54 Å². The fourth-order valence-electron chi connectivity index (χ4n) is 4.78. The van der Waals surface area contributed by atoms with Crippen LogP contribution in [0, 0.1) is 17.7 Å². The van der Waals surface area contributed by atoms with Crippen molar-refractivity contribution in [3.63, 3.8) is 0 Å². The summed E-state index contributed by atoms with van der Waals surface area (Å²) in [6.45, 7) is 6.11. The molecule has 2 aromatic rings. The molecule has 1 aromatic carbocycles. The van der Waals surface area contributed by atoms with Gasteiger partial charge in [0.2, 0.25) is 35.4 Å². The van der Waals surface area contributed by atoms with Gasteiger partial charge in [-0.05, 0) is 23.8 Å². The average molecular weight is 734 g/mol. The Morgan fingerprint density at radius 3 is 1.94 bits per heavy atom. The maximum absolute atomic E-state index is 14.0. The molecule has 1 aromatic heterocycles. The number of nitrogens with one attached hydrogen (secondary N) is 7. The Hall–Kier alpha value is -5.92.